The normalized spacial score (nSPS) is 17.7. The van der Waals surface area contributed by atoms with E-state index in [1.54, 1.807) is 6.92 Å². The lowest BCUT2D eigenvalue weighted by molar-refractivity contribution is -0.385. The Hall–Kier alpha value is -2.22. The van der Waals surface area contributed by atoms with Crippen LogP contribution in [0.1, 0.15) is 50.4 Å². The molecule has 3 heterocycles. The van der Waals surface area contributed by atoms with Crippen molar-refractivity contribution in [1.82, 2.24) is 15.1 Å². The van der Waals surface area contributed by atoms with Gasteiger partial charge in [-0.2, -0.15) is 5.10 Å². The predicted molar refractivity (Wildman–Crippen MR) is 86.8 cm³/mol. The van der Waals surface area contributed by atoms with Gasteiger partial charge in [0.25, 0.3) is 11.6 Å². The van der Waals surface area contributed by atoms with E-state index in [1.807, 2.05) is 18.7 Å². The third kappa shape index (κ3) is 2.63. The van der Waals surface area contributed by atoms with Gasteiger partial charge in [0, 0.05) is 23.9 Å². The summed E-state index contributed by atoms with van der Waals surface area (Å²) in [6, 6.07) is 1.38. The first kappa shape index (κ1) is 15.7. The van der Waals surface area contributed by atoms with Crippen molar-refractivity contribution in [2.45, 2.75) is 39.7 Å². The van der Waals surface area contributed by atoms with Gasteiger partial charge in [0.2, 0.25) is 0 Å². The Kier molecular flexibility index (Phi) is 3.93. The highest BCUT2D eigenvalue weighted by Gasteiger charge is 2.35. The van der Waals surface area contributed by atoms with Crippen LogP contribution in [0.4, 0.5) is 5.69 Å². The number of likely N-dealkylation sites (tertiary alicyclic amines) is 1. The van der Waals surface area contributed by atoms with Crippen molar-refractivity contribution in [1.29, 1.82) is 0 Å². The number of aromatic nitrogens is 2. The van der Waals surface area contributed by atoms with Crippen LogP contribution >= 0.6 is 11.3 Å². The van der Waals surface area contributed by atoms with E-state index in [4.69, 9.17) is 0 Å². The van der Waals surface area contributed by atoms with Crippen LogP contribution in [0.2, 0.25) is 0 Å². The molecule has 2 aromatic heterocycles. The molecule has 0 spiro atoms. The zero-order valence-electron chi connectivity index (χ0n) is 13.3. The van der Waals surface area contributed by atoms with Crippen molar-refractivity contribution in [2.75, 3.05) is 6.54 Å². The second kappa shape index (κ2) is 5.77. The molecule has 23 heavy (non-hydrogen) atoms. The zero-order chi connectivity index (χ0) is 16.7. The van der Waals surface area contributed by atoms with Crippen LogP contribution in [0, 0.1) is 30.9 Å². The number of hydrogen-bond donors (Lipinski definition) is 1. The molecule has 1 aliphatic rings. The SMILES string of the molecule is Cc1n[nH]c(C)c1[C@H]1CCCN1C(=O)c1cc([N+](=O)[O-])c(C)s1. The fourth-order valence-electron chi connectivity index (χ4n) is 3.26. The van der Waals surface area contributed by atoms with Gasteiger partial charge in [-0.3, -0.25) is 20.0 Å². The van der Waals surface area contributed by atoms with E-state index < -0.39 is 4.92 Å². The van der Waals surface area contributed by atoms with Crippen molar-refractivity contribution in [3.63, 3.8) is 0 Å². The Morgan fingerprint density at radius 2 is 2.22 bits per heavy atom. The standard InChI is InChI=1S/C15H18N4O3S/c1-8-14(9(2)17-16-8)11-5-4-6-18(11)15(20)13-7-12(19(21)22)10(3)23-13/h7,11H,4-6H2,1-3H3,(H,16,17)/t11-/m1/s1. The number of thiophene rings is 1. The Balaban J connectivity index is 1.92. The highest BCUT2D eigenvalue weighted by atomic mass is 32.1. The van der Waals surface area contributed by atoms with Gasteiger partial charge in [0.15, 0.2) is 0 Å². The minimum Gasteiger partial charge on any atom is -0.331 e. The molecule has 2 aromatic rings. The number of aryl methyl sites for hydroxylation is 3. The number of carbonyl (C=O) groups excluding carboxylic acids is 1. The van der Waals surface area contributed by atoms with Crippen LogP contribution in [-0.4, -0.2) is 32.5 Å². The molecule has 0 aromatic carbocycles. The van der Waals surface area contributed by atoms with Gasteiger partial charge in [0.1, 0.15) is 0 Å². The molecule has 8 heteroatoms. The van der Waals surface area contributed by atoms with Crippen LogP contribution in [0.5, 0.6) is 0 Å². The molecule has 0 radical (unpaired) electrons. The molecule has 7 nitrogen and oxygen atoms in total. The minimum absolute atomic E-state index is 0.0114. The van der Waals surface area contributed by atoms with Gasteiger partial charge < -0.3 is 4.90 Å². The average Bonchev–Trinajstić information content (AvgIpc) is 3.17. The molecule has 1 fully saturated rings. The number of hydrogen-bond acceptors (Lipinski definition) is 5. The van der Waals surface area contributed by atoms with E-state index in [0.29, 0.717) is 16.3 Å². The molecule has 0 bridgehead atoms. The van der Waals surface area contributed by atoms with Crippen molar-refractivity contribution >= 4 is 22.9 Å². The Morgan fingerprint density at radius 1 is 1.48 bits per heavy atom. The van der Waals surface area contributed by atoms with E-state index in [-0.39, 0.29) is 17.6 Å². The van der Waals surface area contributed by atoms with Crippen LogP contribution in [0.3, 0.4) is 0 Å². The summed E-state index contributed by atoms with van der Waals surface area (Å²) in [5.74, 6) is -0.131. The van der Waals surface area contributed by atoms with Gasteiger partial charge in [-0.05, 0) is 33.6 Å². The second-order valence-electron chi connectivity index (χ2n) is 5.81. The third-order valence-corrected chi connectivity index (χ3v) is 5.36. The summed E-state index contributed by atoms with van der Waals surface area (Å²) in [6.45, 7) is 6.22. The van der Waals surface area contributed by atoms with E-state index in [1.165, 1.54) is 17.4 Å². The quantitative estimate of drug-likeness (QED) is 0.688. The minimum atomic E-state index is -0.436. The molecule has 0 unspecified atom stereocenters. The first-order valence-electron chi connectivity index (χ1n) is 7.47. The monoisotopic (exact) mass is 334 g/mol. The average molecular weight is 334 g/mol. The van der Waals surface area contributed by atoms with E-state index in [0.717, 1.165) is 29.8 Å². The Morgan fingerprint density at radius 3 is 2.78 bits per heavy atom. The maximum atomic E-state index is 12.8. The number of rotatable bonds is 3. The van der Waals surface area contributed by atoms with E-state index in [2.05, 4.69) is 10.2 Å². The molecule has 1 aliphatic heterocycles. The highest BCUT2D eigenvalue weighted by Crippen LogP contribution is 2.37. The fraction of sp³-hybridized carbons (Fsp3) is 0.467. The third-order valence-electron chi connectivity index (χ3n) is 4.33. The summed E-state index contributed by atoms with van der Waals surface area (Å²) >= 11 is 1.19. The number of nitro groups is 1. The van der Waals surface area contributed by atoms with Crippen molar-refractivity contribution < 1.29 is 9.72 Å². The molecule has 1 atom stereocenters. The summed E-state index contributed by atoms with van der Waals surface area (Å²) in [5.41, 5.74) is 2.96. The lowest BCUT2D eigenvalue weighted by Gasteiger charge is -2.24. The van der Waals surface area contributed by atoms with Gasteiger partial charge in [0.05, 0.1) is 26.4 Å². The number of nitrogens with one attached hydrogen (secondary N) is 1. The fourth-order valence-corrected chi connectivity index (χ4v) is 4.20. The number of carbonyl (C=O) groups is 1. The summed E-state index contributed by atoms with van der Waals surface area (Å²) in [5, 5.41) is 18.2. The van der Waals surface area contributed by atoms with E-state index in [9.17, 15) is 14.9 Å². The second-order valence-corrected chi connectivity index (χ2v) is 7.07. The molecular formula is C15H18N4O3S. The molecule has 1 amide bonds. The van der Waals surface area contributed by atoms with Crippen LogP contribution < -0.4 is 0 Å². The van der Waals surface area contributed by atoms with Crippen molar-refractivity contribution in [2.24, 2.45) is 0 Å². The van der Waals surface area contributed by atoms with Gasteiger partial charge in [-0.15, -0.1) is 11.3 Å². The number of aromatic amines is 1. The predicted octanol–water partition coefficient (Wildman–Crippen LogP) is 3.28. The highest BCUT2D eigenvalue weighted by molar-refractivity contribution is 7.14. The largest absolute Gasteiger partial charge is 0.331 e. The Bertz CT molecular complexity index is 760. The number of nitrogens with zero attached hydrogens (tertiary/aromatic N) is 3. The first-order valence-corrected chi connectivity index (χ1v) is 8.29. The topological polar surface area (TPSA) is 92.1 Å². The van der Waals surface area contributed by atoms with Crippen LogP contribution in [-0.2, 0) is 0 Å². The molecule has 1 saturated heterocycles. The molecule has 3 rings (SSSR count). The number of amides is 1. The summed E-state index contributed by atoms with van der Waals surface area (Å²) in [6.07, 6.45) is 1.81. The molecule has 0 saturated carbocycles. The summed E-state index contributed by atoms with van der Waals surface area (Å²) in [4.78, 5) is 26.2. The lowest BCUT2D eigenvalue weighted by atomic mass is 10.0. The number of H-pyrrole nitrogens is 1. The van der Waals surface area contributed by atoms with E-state index >= 15 is 0 Å². The Labute approximate surface area is 137 Å². The van der Waals surface area contributed by atoms with Crippen molar-refractivity contribution in [3.05, 3.63) is 42.9 Å². The maximum absolute atomic E-state index is 12.8. The maximum Gasteiger partial charge on any atom is 0.283 e. The summed E-state index contributed by atoms with van der Waals surface area (Å²) < 4.78 is 0. The lowest BCUT2D eigenvalue weighted by Crippen LogP contribution is -2.30. The molecular weight excluding hydrogens is 316 g/mol. The molecule has 1 N–H and O–H groups in total. The van der Waals surface area contributed by atoms with Gasteiger partial charge in [-0.1, -0.05) is 0 Å². The van der Waals surface area contributed by atoms with Crippen LogP contribution in [0.25, 0.3) is 0 Å². The molecule has 122 valence electrons. The van der Waals surface area contributed by atoms with Gasteiger partial charge in [-0.25, -0.2) is 0 Å². The zero-order valence-corrected chi connectivity index (χ0v) is 14.1. The molecule has 0 aliphatic carbocycles. The summed E-state index contributed by atoms with van der Waals surface area (Å²) in [7, 11) is 0. The van der Waals surface area contributed by atoms with Crippen molar-refractivity contribution in [3.8, 4) is 0 Å². The van der Waals surface area contributed by atoms with Gasteiger partial charge >= 0.3 is 0 Å². The smallest absolute Gasteiger partial charge is 0.283 e. The first-order chi connectivity index (χ1) is 10.9. The van der Waals surface area contributed by atoms with Crippen LogP contribution in [0.15, 0.2) is 6.07 Å².